The lowest BCUT2D eigenvalue weighted by Gasteiger charge is -2.15. The number of pyridine rings is 1. The molecule has 1 fully saturated rings. The molecule has 0 spiro atoms. The van der Waals surface area contributed by atoms with Gasteiger partial charge < -0.3 is 10.1 Å². The number of benzene rings is 1. The van der Waals surface area contributed by atoms with Crippen LogP contribution in [-0.4, -0.2) is 18.0 Å². The van der Waals surface area contributed by atoms with Crippen LogP contribution in [0.5, 0.6) is 5.88 Å². The molecule has 1 aromatic heterocycles. The molecule has 4 heteroatoms. The van der Waals surface area contributed by atoms with Gasteiger partial charge in [0.1, 0.15) is 0 Å². The first-order valence-electron chi connectivity index (χ1n) is 7.07. The van der Waals surface area contributed by atoms with Crippen LogP contribution in [0.25, 0.3) is 0 Å². The van der Waals surface area contributed by atoms with Gasteiger partial charge in [0.25, 0.3) is 0 Å². The topological polar surface area (TPSA) is 51.2 Å². The van der Waals surface area contributed by atoms with Gasteiger partial charge in [-0.3, -0.25) is 4.79 Å². The van der Waals surface area contributed by atoms with E-state index in [1.165, 1.54) is 0 Å². The fourth-order valence-corrected chi connectivity index (χ4v) is 2.52. The van der Waals surface area contributed by atoms with Crippen molar-refractivity contribution in [2.45, 2.75) is 24.8 Å². The van der Waals surface area contributed by atoms with Crippen LogP contribution >= 0.6 is 0 Å². The molecule has 1 aliphatic carbocycles. The quantitative estimate of drug-likeness (QED) is 0.916. The highest BCUT2D eigenvalue weighted by molar-refractivity contribution is 5.91. The summed E-state index contributed by atoms with van der Waals surface area (Å²) in [5.41, 5.74) is 1.75. The highest BCUT2D eigenvalue weighted by Gasteiger charge is 2.50. The smallest absolute Gasteiger partial charge is 0.230 e. The number of aromatic nitrogens is 1. The molecule has 4 nitrogen and oxygen atoms in total. The molecule has 2 aromatic rings. The number of amides is 1. The van der Waals surface area contributed by atoms with Gasteiger partial charge >= 0.3 is 0 Å². The lowest BCUT2D eigenvalue weighted by Crippen LogP contribution is -2.34. The van der Waals surface area contributed by atoms with Gasteiger partial charge in [-0.1, -0.05) is 36.4 Å². The maximum Gasteiger partial charge on any atom is 0.230 e. The van der Waals surface area contributed by atoms with E-state index in [-0.39, 0.29) is 11.3 Å². The number of methoxy groups -OCH3 is 1. The third-order valence-corrected chi connectivity index (χ3v) is 3.97. The summed E-state index contributed by atoms with van der Waals surface area (Å²) in [5.74, 6) is 0.678. The molecule has 0 unspecified atom stereocenters. The summed E-state index contributed by atoms with van der Waals surface area (Å²) in [6, 6.07) is 13.7. The molecule has 3 rings (SSSR count). The Morgan fingerprint density at radius 3 is 2.57 bits per heavy atom. The highest BCUT2D eigenvalue weighted by atomic mass is 16.5. The number of rotatable bonds is 5. The third-order valence-electron chi connectivity index (χ3n) is 3.97. The van der Waals surface area contributed by atoms with Gasteiger partial charge in [0.05, 0.1) is 12.5 Å². The summed E-state index contributed by atoms with van der Waals surface area (Å²) in [6.07, 6.45) is 3.56. The van der Waals surface area contributed by atoms with Crippen LogP contribution in [0.1, 0.15) is 24.0 Å². The minimum absolute atomic E-state index is 0.101. The van der Waals surface area contributed by atoms with E-state index in [4.69, 9.17) is 4.74 Å². The number of ether oxygens (including phenoxy) is 1. The Labute approximate surface area is 124 Å². The number of carbonyl (C=O) groups is 1. The molecular weight excluding hydrogens is 264 g/mol. The molecule has 0 atom stereocenters. The SMILES string of the molecule is COc1ccc(CNC(=O)C2(c3ccccc3)CC2)cn1. The van der Waals surface area contributed by atoms with Crippen molar-refractivity contribution in [2.75, 3.05) is 7.11 Å². The van der Waals surface area contributed by atoms with Crippen LogP contribution in [0.3, 0.4) is 0 Å². The van der Waals surface area contributed by atoms with Crippen molar-refractivity contribution in [3.63, 3.8) is 0 Å². The molecule has 1 saturated carbocycles. The minimum Gasteiger partial charge on any atom is -0.481 e. The predicted octanol–water partition coefficient (Wildman–Crippen LogP) is 2.44. The summed E-state index contributed by atoms with van der Waals surface area (Å²) in [5, 5.41) is 3.02. The fourth-order valence-electron chi connectivity index (χ4n) is 2.52. The van der Waals surface area contributed by atoms with Crippen molar-refractivity contribution in [3.05, 3.63) is 59.8 Å². The molecule has 21 heavy (non-hydrogen) atoms. The average molecular weight is 282 g/mol. The van der Waals surface area contributed by atoms with Gasteiger partial charge in [-0.15, -0.1) is 0 Å². The van der Waals surface area contributed by atoms with Crippen molar-refractivity contribution in [1.29, 1.82) is 0 Å². The van der Waals surface area contributed by atoms with Crippen LogP contribution in [0.15, 0.2) is 48.7 Å². The summed E-state index contributed by atoms with van der Waals surface area (Å²) in [4.78, 5) is 16.6. The van der Waals surface area contributed by atoms with E-state index in [1.54, 1.807) is 19.4 Å². The molecule has 1 aliphatic rings. The Hall–Kier alpha value is -2.36. The molecule has 1 amide bonds. The second-order valence-corrected chi connectivity index (χ2v) is 5.34. The zero-order valence-corrected chi connectivity index (χ0v) is 12.0. The van der Waals surface area contributed by atoms with Gasteiger partial charge in [-0.05, 0) is 24.0 Å². The number of nitrogens with zero attached hydrogens (tertiary/aromatic N) is 1. The molecule has 0 saturated heterocycles. The standard InChI is InChI=1S/C17H18N2O2/c1-21-15-8-7-13(11-18-15)12-19-16(20)17(9-10-17)14-5-3-2-4-6-14/h2-8,11H,9-10,12H2,1H3,(H,19,20). The summed E-state index contributed by atoms with van der Waals surface area (Å²) in [7, 11) is 1.58. The summed E-state index contributed by atoms with van der Waals surface area (Å²) < 4.78 is 5.02. The first-order valence-corrected chi connectivity index (χ1v) is 7.07. The molecule has 0 bridgehead atoms. The second-order valence-electron chi connectivity index (χ2n) is 5.34. The Kier molecular flexibility index (Phi) is 3.60. The largest absolute Gasteiger partial charge is 0.481 e. The van der Waals surface area contributed by atoms with Gasteiger partial charge in [-0.2, -0.15) is 0 Å². The molecule has 1 aromatic carbocycles. The molecule has 1 N–H and O–H groups in total. The van der Waals surface area contributed by atoms with Crippen LogP contribution in [-0.2, 0) is 16.8 Å². The molecule has 0 aliphatic heterocycles. The van der Waals surface area contributed by atoms with Crippen LogP contribution < -0.4 is 10.1 Å². The number of nitrogens with one attached hydrogen (secondary N) is 1. The second kappa shape index (κ2) is 5.56. The van der Waals surface area contributed by atoms with E-state index in [9.17, 15) is 4.79 Å². The first-order chi connectivity index (χ1) is 10.2. The number of hydrogen-bond donors (Lipinski definition) is 1. The van der Waals surface area contributed by atoms with Crippen LogP contribution in [0.4, 0.5) is 0 Å². The van der Waals surface area contributed by atoms with Gasteiger partial charge in [0.15, 0.2) is 0 Å². The Morgan fingerprint density at radius 1 is 1.24 bits per heavy atom. The van der Waals surface area contributed by atoms with Gasteiger partial charge in [-0.25, -0.2) is 4.98 Å². The average Bonchev–Trinajstić information content (AvgIpc) is 3.36. The Balaban J connectivity index is 1.64. The van der Waals surface area contributed by atoms with E-state index < -0.39 is 0 Å². The van der Waals surface area contributed by atoms with Crippen molar-refractivity contribution in [1.82, 2.24) is 10.3 Å². The van der Waals surface area contributed by atoms with Crippen LogP contribution in [0.2, 0.25) is 0 Å². The lowest BCUT2D eigenvalue weighted by atomic mass is 9.95. The van der Waals surface area contributed by atoms with E-state index >= 15 is 0 Å². The molecule has 0 radical (unpaired) electrons. The summed E-state index contributed by atoms with van der Waals surface area (Å²) >= 11 is 0. The highest BCUT2D eigenvalue weighted by Crippen LogP contribution is 2.48. The first kappa shape index (κ1) is 13.6. The normalized spacial score (nSPS) is 15.3. The molecule has 1 heterocycles. The molecular formula is C17H18N2O2. The number of carbonyl (C=O) groups excluding carboxylic acids is 1. The monoisotopic (exact) mass is 282 g/mol. The van der Waals surface area contributed by atoms with E-state index in [1.807, 2.05) is 36.4 Å². The van der Waals surface area contributed by atoms with Gasteiger partial charge in [0, 0.05) is 18.8 Å². The van der Waals surface area contributed by atoms with Crippen molar-refractivity contribution < 1.29 is 9.53 Å². The zero-order valence-electron chi connectivity index (χ0n) is 12.0. The lowest BCUT2D eigenvalue weighted by molar-refractivity contribution is -0.123. The molecule has 108 valence electrons. The predicted molar refractivity (Wildman–Crippen MR) is 80.0 cm³/mol. The van der Waals surface area contributed by atoms with Crippen molar-refractivity contribution >= 4 is 5.91 Å². The maximum absolute atomic E-state index is 12.5. The van der Waals surface area contributed by atoms with Crippen LogP contribution in [0, 0.1) is 0 Å². The van der Waals surface area contributed by atoms with Crippen molar-refractivity contribution in [2.24, 2.45) is 0 Å². The van der Waals surface area contributed by atoms with E-state index in [0.717, 1.165) is 24.0 Å². The minimum atomic E-state index is -0.318. The van der Waals surface area contributed by atoms with E-state index in [0.29, 0.717) is 12.4 Å². The zero-order chi connectivity index (χ0) is 14.7. The fraction of sp³-hybridized carbons (Fsp3) is 0.294. The Bertz CT molecular complexity index is 619. The number of hydrogen-bond acceptors (Lipinski definition) is 3. The summed E-state index contributed by atoms with van der Waals surface area (Å²) in [6.45, 7) is 0.490. The maximum atomic E-state index is 12.5. The van der Waals surface area contributed by atoms with Gasteiger partial charge in [0.2, 0.25) is 11.8 Å². The van der Waals surface area contributed by atoms with Crippen molar-refractivity contribution in [3.8, 4) is 5.88 Å². The van der Waals surface area contributed by atoms with E-state index in [2.05, 4.69) is 10.3 Å². The third kappa shape index (κ3) is 2.75. The Morgan fingerprint density at radius 2 is 2.00 bits per heavy atom.